The van der Waals surface area contributed by atoms with E-state index in [9.17, 15) is 0 Å². The van der Waals surface area contributed by atoms with Crippen molar-refractivity contribution < 1.29 is 13.6 Å². The average molecular weight is 321 g/mol. The molecular formula is C18H15N3O3. The highest BCUT2D eigenvalue weighted by Crippen LogP contribution is 2.26. The molecule has 0 saturated carbocycles. The number of fused-ring (bicyclic) bond motifs is 1. The molecule has 6 nitrogen and oxygen atoms in total. The summed E-state index contributed by atoms with van der Waals surface area (Å²) in [6, 6.07) is 13.5. The molecule has 0 N–H and O–H groups in total. The molecule has 120 valence electrons. The lowest BCUT2D eigenvalue weighted by molar-refractivity contribution is 0.419. The van der Waals surface area contributed by atoms with Crippen LogP contribution in [0.4, 0.5) is 0 Å². The van der Waals surface area contributed by atoms with Crippen molar-refractivity contribution in [3.8, 4) is 17.2 Å². The van der Waals surface area contributed by atoms with Gasteiger partial charge in [-0.25, -0.2) is 4.98 Å². The first-order valence-corrected chi connectivity index (χ1v) is 7.55. The molecule has 0 aliphatic carbocycles. The van der Waals surface area contributed by atoms with Gasteiger partial charge >= 0.3 is 0 Å². The first-order valence-electron chi connectivity index (χ1n) is 7.55. The minimum Gasteiger partial charge on any atom is -0.494 e. The second-order valence-corrected chi connectivity index (χ2v) is 5.46. The number of methoxy groups -OCH3 is 1. The predicted molar refractivity (Wildman–Crippen MR) is 87.8 cm³/mol. The second-order valence-electron chi connectivity index (χ2n) is 5.46. The molecule has 0 unspecified atom stereocenters. The van der Waals surface area contributed by atoms with Crippen molar-refractivity contribution in [1.82, 2.24) is 15.2 Å². The summed E-state index contributed by atoms with van der Waals surface area (Å²) in [7, 11) is 1.61. The lowest BCUT2D eigenvalue weighted by Crippen LogP contribution is -1.88. The molecule has 2 aromatic heterocycles. The minimum atomic E-state index is 0.330. The van der Waals surface area contributed by atoms with Crippen molar-refractivity contribution in [2.45, 2.75) is 13.3 Å². The maximum Gasteiger partial charge on any atom is 0.247 e. The Kier molecular flexibility index (Phi) is 3.49. The van der Waals surface area contributed by atoms with Gasteiger partial charge < -0.3 is 13.6 Å². The van der Waals surface area contributed by atoms with Crippen LogP contribution < -0.4 is 4.74 Å². The number of hydrogen-bond acceptors (Lipinski definition) is 6. The Morgan fingerprint density at radius 1 is 1.00 bits per heavy atom. The number of benzene rings is 2. The van der Waals surface area contributed by atoms with E-state index in [4.69, 9.17) is 13.6 Å². The van der Waals surface area contributed by atoms with Gasteiger partial charge in [-0.1, -0.05) is 23.8 Å². The van der Waals surface area contributed by atoms with Gasteiger partial charge in [-0.15, -0.1) is 10.2 Å². The molecule has 0 bridgehead atoms. The largest absolute Gasteiger partial charge is 0.494 e. The molecule has 2 aromatic carbocycles. The topological polar surface area (TPSA) is 74.2 Å². The normalized spacial score (nSPS) is 11.1. The zero-order valence-electron chi connectivity index (χ0n) is 13.3. The van der Waals surface area contributed by atoms with Crippen LogP contribution in [0.1, 0.15) is 17.3 Å². The van der Waals surface area contributed by atoms with Crippen LogP contribution in [0.25, 0.3) is 22.6 Å². The molecule has 0 aliphatic rings. The summed E-state index contributed by atoms with van der Waals surface area (Å²) in [6.45, 7) is 2.02. The third-order valence-electron chi connectivity index (χ3n) is 3.68. The third kappa shape index (κ3) is 2.62. The van der Waals surface area contributed by atoms with Crippen molar-refractivity contribution in [3.63, 3.8) is 0 Å². The van der Waals surface area contributed by atoms with Crippen LogP contribution in [-0.4, -0.2) is 22.3 Å². The van der Waals surface area contributed by atoms with Gasteiger partial charge in [0.25, 0.3) is 0 Å². The van der Waals surface area contributed by atoms with Crippen LogP contribution >= 0.6 is 0 Å². The summed E-state index contributed by atoms with van der Waals surface area (Å²) in [6.07, 6.45) is 0.330. The zero-order valence-corrected chi connectivity index (χ0v) is 13.3. The smallest absolute Gasteiger partial charge is 0.247 e. The Balaban J connectivity index is 1.62. The van der Waals surface area contributed by atoms with Crippen molar-refractivity contribution in [2.75, 3.05) is 7.11 Å². The summed E-state index contributed by atoms with van der Waals surface area (Å²) in [5.74, 6) is 2.13. The van der Waals surface area contributed by atoms with E-state index in [1.807, 2.05) is 49.4 Å². The first kappa shape index (κ1) is 14.4. The summed E-state index contributed by atoms with van der Waals surface area (Å²) in [5.41, 5.74) is 3.39. The van der Waals surface area contributed by atoms with Crippen LogP contribution in [0, 0.1) is 6.92 Å². The van der Waals surface area contributed by atoms with E-state index in [0.717, 1.165) is 11.1 Å². The number of para-hydroxylation sites is 1. The number of ether oxygens (including phenoxy) is 1. The Bertz CT molecular complexity index is 1000. The van der Waals surface area contributed by atoms with Crippen molar-refractivity contribution >= 4 is 11.1 Å². The second kappa shape index (κ2) is 5.81. The maximum absolute atomic E-state index is 5.73. The van der Waals surface area contributed by atoms with Crippen LogP contribution in [-0.2, 0) is 6.42 Å². The quantitative estimate of drug-likeness (QED) is 0.569. The molecule has 0 aliphatic heterocycles. The summed E-state index contributed by atoms with van der Waals surface area (Å²) in [5, 5.41) is 8.18. The van der Waals surface area contributed by atoms with Crippen LogP contribution in [0.2, 0.25) is 0 Å². The van der Waals surface area contributed by atoms with Crippen LogP contribution in [0.3, 0.4) is 0 Å². The third-order valence-corrected chi connectivity index (χ3v) is 3.68. The van der Waals surface area contributed by atoms with E-state index in [0.29, 0.717) is 40.9 Å². The molecule has 0 radical (unpaired) electrons. The first-order chi connectivity index (χ1) is 11.7. The lowest BCUT2D eigenvalue weighted by Gasteiger charge is -1.96. The van der Waals surface area contributed by atoms with Gasteiger partial charge in [0, 0.05) is 5.56 Å². The van der Waals surface area contributed by atoms with Gasteiger partial charge in [0.15, 0.2) is 11.1 Å². The molecular weight excluding hydrogens is 306 g/mol. The number of rotatable bonds is 4. The molecule has 2 heterocycles. The summed E-state index contributed by atoms with van der Waals surface area (Å²) >= 11 is 0. The molecule has 4 rings (SSSR count). The molecule has 6 heteroatoms. The fourth-order valence-corrected chi connectivity index (χ4v) is 2.56. The fourth-order valence-electron chi connectivity index (χ4n) is 2.56. The van der Waals surface area contributed by atoms with E-state index >= 15 is 0 Å². The summed E-state index contributed by atoms with van der Waals surface area (Å²) in [4.78, 5) is 4.46. The van der Waals surface area contributed by atoms with Gasteiger partial charge in [0.05, 0.1) is 7.11 Å². The highest BCUT2D eigenvalue weighted by atomic mass is 16.5. The van der Waals surface area contributed by atoms with E-state index < -0.39 is 0 Å². The number of aryl methyl sites for hydroxylation is 1. The van der Waals surface area contributed by atoms with Gasteiger partial charge in [-0.2, -0.15) is 0 Å². The Labute approximate surface area is 138 Å². The Morgan fingerprint density at radius 3 is 2.71 bits per heavy atom. The summed E-state index contributed by atoms with van der Waals surface area (Å²) < 4.78 is 16.7. The maximum atomic E-state index is 5.73. The van der Waals surface area contributed by atoms with Gasteiger partial charge in [0.2, 0.25) is 17.7 Å². The zero-order chi connectivity index (χ0) is 16.5. The minimum absolute atomic E-state index is 0.330. The molecule has 0 spiro atoms. The number of aromatic nitrogens is 3. The van der Waals surface area contributed by atoms with Gasteiger partial charge in [0.1, 0.15) is 12.2 Å². The van der Waals surface area contributed by atoms with Crippen molar-refractivity contribution in [2.24, 2.45) is 0 Å². The number of hydrogen-bond donors (Lipinski definition) is 0. The lowest BCUT2D eigenvalue weighted by atomic mass is 10.1. The fraction of sp³-hybridized carbons (Fsp3) is 0.167. The van der Waals surface area contributed by atoms with E-state index in [1.54, 1.807) is 7.11 Å². The molecule has 0 atom stereocenters. The average Bonchev–Trinajstić information content (AvgIpc) is 3.21. The Morgan fingerprint density at radius 2 is 1.88 bits per heavy atom. The standard InChI is InChI=1S/C18H15N3O3/c1-11-5-3-6-12(9-11)18-21-20-16(24-18)10-15-19-17-13(22-2)7-4-8-14(17)23-15/h3-9H,10H2,1-2H3. The van der Waals surface area contributed by atoms with Crippen LogP contribution in [0.5, 0.6) is 5.75 Å². The van der Waals surface area contributed by atoms with Crippen LogP contribution in [0.15, 0.2) is 51.3 Å². The number of oxazole rings is 1. The SMILES string of the molecule is COc1cccc2oc(Cc3nnc(-c4cccc(C)c4)o3)nc12. The van der Waals surface area contributed by atoms with Gasteiger partial charge in [-0.3, -0.25) is 0 Å². The van der Waals surface area contributed by atoms with E-state index in [1.165, 1.54) is 0 Å². The molecule has 0 amide bonds. The molecule has 0 fully saturated rings. The predicted octanol–water partition coefficient (Wildman–Crippen LogP) is 3.79. The molecule has 24 heavy (non-hydrogen) atoms. The number of nitrogens with zero attached hydrogens (tertiary/aromatic N) is 3. The van der Waals surface area contributed by atoms with Crippen molar-refractivity contribution in [1.29, 1.82) is 0 Å². The van der Waals surface area contributed by atoms with E-state index in [-0.39, 0.29) is 0 Å². The van der Waals surface area contributed by atoms with Crippen molar-refractivity contribution in [3.05, 3.63) is 59.8 Å². The highest BCUT2D eigenvalue weighted by Gasteiger charge is 2.15. The highest BCUT2D eigenvalue weighted by molar-refractivity contribution is 5.79. The van der Waals surface area contributed by atoms with E-state index in [2.05, 4.69) is 15.2 Å². The molecule has 4 aromatic rings. The monoisotopic (exact) mass is 321 g/mol. The molecule has 0 saturated heterocycles. The Hall–Kier alpha value is -3.15. The van der Waals surface area contributed by atoms with Gasteiger partial charge in [-0.05, 0) is 31.2 Å².